The summed E-state index contributed by atoms with van der Waals surface area (Å²) in [7, 11) is 0. The third-order valence-electron chi connectivity index (χ3n) is 3.03. The minimum atomic E-state index is 0.560. The van der Waals surface area contributed by atoms with Crippen molar-refractivity contribution < 1.29 is 0 Å². The first-order valence-electron chi connectivity index (χ1n) is 5.80. The van der Waals surface area contributed by atoms with Crippen molar-refractivity contribution in [2.24, 2.45) is 0 Å². The molecule has 0 amide bonds. The molecule has 0 bridgehead atoms. The van der Waals surface area contributed by atoms with Gasteiger partial charge in [-0.2, -0.15) is 9.61 Å². The van der Waals surface area contributed by atoms with Crippen LogP contribution in [-0.4, -0.2) is 32.9 Å². The van der Waals surface area contributed by atoms with Crippen molar-refractivity contribution >= 4 is 16.3 Å². The maximum atomic E-state index is 4.64. The van der Waals surface area contributed by atoms with Gasteiger partial charge in [0.05, 0.1) is 0 Å². The number of rotatable bonds is 2. The second-order valence-corrected chi connectivity index (χ2v) is 5.14. The summed E-state index contributed by atoms with van der Waals surface area (Å²) < 4.78 is 1.90. The monoisotopic (exact) mass is 237 g/mol. The summed E-state index contributed by atoms with van der Waals surface area (Å²) in [6.07, 6.45) is 3.36. The zero-order valence-corrected chi connectivity index (χ0v) is 10.1. The summed E-state index contributed by atoms with van der Waals surface area (Å²) in [6, 6.07) is 0. The predicted molar refractivity (Wildman–Crippen MR) is 62.9 cm³/mol. The third-order valence-corrected chi connectivity index (χ3v) is 4.09. The summed E-state index contributed by atoms with van der Waals surface area (Å²) >= 11 is 1.68. The first-order valence-corrected chi connectivity index (χ1v) is 6.62. The Morgan fingerprint density at radius 1 is 1.50 bits per heavy atom. The van der Waals surface area contributed by atoms with Crippen LogP contribution in [0.15, 0.2) is 0 Å². The van der Waals surface area contributed by atoms with Gasteiger partial charge in [0.15, 0.2) is 5.82 Å². The molecule has 0 aromatic carbocycles. The lowest BCUT2D eigenvalue weighted by Gasteiger charge is -2.19. The molecule has 5 nitrogen and oxygen atoms in total. The fraction of sp³-hybridized carbons (Fsp3) is 0.700. The molecule has 1 unspecified atom stereocenters. The molecule has 0 saturated carbocycles. The molecule has 1 aliphatic heterocycles. The molecule has 2 aromatic rings. The van der Waals surface area contributed by atoms with Crippen molar-refractivity contribution in [2.75, 3.05) is 13.1 Å². The quantitative estimate of drug-likeness (QED) is 0.853. The minimum Gasteiger partial charge on any atom is -0.316 e. The molecule has 1 atom stereocenters. The average Bonchev–Trinajstić information content (AvgIpc) is 2.89. The highest BCUT2D eigenvalue weighted by atomic mass is 32.1. The van der Waals surface area contributed by atoms with Gasteiger partial charge in [0.2, 0.25) is 4.96 Å². The highest BCUT2D eigenvalue weighted by Gasteiger charge is 2.20. The van der Waals surface area contributed by atoms with Gasteiger partial charge < -0.3 is 5.32 Å². The van der Waals surface area contributed by atoms with Gasteiger partial charge in [0.25, 0.3) is 0 Å². The zero-order chi connectivity index (χ0) is 11.0. The summed E-state index contributed by atoms with van der Waals surface area (Å²) in [5.41, 5.74) is 0. The Bertz CT molecular complexity index is 482. The van der Waals surface area contributed by atoms with Crippen LogP contribution in [0.5, 0.6) is 0 Å². The second kappa shape index (κ2) is 4.10. The smallest absolute Gasteiger partial charge is 0.234 e. The Hall–Kier alpha value is -1.01. The number of nitrogens with zero attached hydrogens (tertiary/aromatic N) is 4. The standard InChI is InChI=1S/C10H15N5S/c1-2-8-12-13-10-15(8)14-9(16-10)7-4-3-5-11-6-7/h7,11H,2-6H2,1H3. The van der Waals surface area contributed by atoms with E-state index in [1.165, 1.54) is 17.8 Å². The zero-order valence-electron chi connectivity index (χ0n) is 9.31. The summed E-state index contributed by atoms with van der Waals surface area (Å²) in [5, 5.41) is 17.5. The molecular weight excluding hydrogens is 222 g/mol. The van der Waals surface area contributed by atoms with E-state index in [0.29, 0.717) is 5.92 Å². The number of hydrogen-bond acceptors (Lipinski definition) is 5. The van der Waals surface area contributed by atoms with Crippen LogP contribution in [0.2, 0.25) is 0 Å². The topological polar surface area (TPSA) is 55.1 Å². The van der Waals surface area contributed by atoms with E-state index in [1.807, 2.05) is 4.52 Å². The van der Waals surface area contributed by atoms with Gasteiger partial charge in [-0.3, -0.25) is 0 Å². The molecule has 1 N–H and O–H groups in total. The highest BCUT2D eigenvalue weighted by molar-refractivity contribution is 7.16. The third kappa shape index (κ3) is 1.62. The Balaban J connectivity index is 1.94. The van der Waals surface area contributed by atoms with Gasteiger partial charge in [0.1, 0.15) is 5.01 Å². The Morgan fingerprint density at radius 2 is 2.44 bits per heavy atom. The molecule has 2 aromatic heterocycles. The Morgan fingerprint density at radius 3 is 3.19 bits per heavy atom. The number of fused-ring (bicyclic) bond motifs is 1. The Kier molecular flexibility index (Phi) is 2.61. The second-order valence-electron chi connectivity index (χ2n) is 4.15. The van der Waals surface area contributed by atoms with Gasteiger partial charge in [0, 0.05) is 18.9 Å². The van der Waals surface area contributed by atoms with E-state index in [9.17, 15) is 0 Å². The Labute approximate surface area is 97.9 Å². The SMILES string of the molecule is CCc1nnc2sc(C3CCCNC3)nn12. The van der Waals surface area contributed by atoms with Crippen molar-refractivity contribution in [3.05, 3.63) is 10.8 Å². The first-order chi connectivity index (χ1) is 7.88. The van der Waals surface area contributed by atoms with Crippen LogP contribution >= 0.6 is 11.3 Å². The molecule has 16 heavy (non-hydrogen) atoms. The van der Waals surface area contributed by atoms with E-state index in [-0.39, 0.29) is 0 Å². The largest absolute Gasteiger partial charge is 0.316 e. The molecule has 0 radical (unpaired) electrons. The molecule has 3 heterocycles. The number of piperidine rings is 1. The van der Waals surface area contributed by atoms with Crippen molar-refractivity contribution in [1.29, 1.82) is 0 Å². The molecule has 6 heteroatoms. The van der Waals surface area contributed by atoms with Gasteiger partial charge in [-0.05, 0) is 19.4 Å². The van der Waals surface area contributed by atoms with E-state index in [2.05, 4.69) is 27.5 Å². The van der Waals surface area contributed by atoms with E-state index in [4.69, 9.17) is 0 Å². The maximum absolute atomic E-state index is 4.64. The molecule has 1 saturated heterocycles. The van der Waals surface area contributed by atoms with Gasteiger partial charge in [-0.15, -0.1) is 10.2 Å². The molecule has 86 valence electrons. The molecule has 3 rings (SSSR count). The summed E-state index contributed by atoms with van der Waals surface area (Å²) in [5.74, 6) is 1.52. The van der Waals surface area contributed by atoms with Crippen molar-refractivity contribution in [3.63, 3.8) is 0 Å². The highest BCUT2D eigenvalue weighted by Crippen LogP contribution is 2.27. The fourth-order valence-electron chi connectivity index (χ4n) is 2.12. The summed E-state index contributed by atoms with van der Waals surface area (Å²) in [6.45, 7) is 4.27. The lowest BCUT2D eigenvalue weighted by atomic mass is 10.0. The van der Waals surface area contributed by atoms with E-state index < -0.39 is 0 Å². The molecule has 1 fully saturated rings. The van der Waals surface area contributed by atoms with Crippen LogP contribution in [-0.2, 0) is 6.42 Å². The predicted octanol–water partition coefficient (Wildman–Crippen LogP) is 1.22. The number of hydrogen-bond donors (Lipinski definition) is 1. The van der Waals surface area contributed by atoms with Crippen LogP contribution in [0, 0.1) is 0 Å². The molecule has 1 aliphatic rings. The number of aryl methyl sites for hydroxylation is 1. The molecule has 0 aliphatic carbocycles. The normalized spacial score (nSPS) is 21.7. The minimum absolute atomic E-state index is 0.560. The first kappa shape index (κ1) is 10.2. The summed E-state index contributed by atoms with van der Waals surface area (Å²) in [4.78, 5) is 0.928. The van der Waals surface area contributed by atoms with Crippen LogP contribution in [0.25, 0.3) is 4.96 Å². The van der Waals surface area contributed by atoms with Gasteiger partial charge >= 0.3 is 0 Å². The van der Waals surface area contributed by atoms with Gasteiger partial charge in [-0.1, -0.05) is 18.3 Å². The number of nitrogens with one attached hydrogen (secondary N) is 1. The van der Waals surface area contributed by atoms with Crippen LogP contribution in [0.3, 0.4) is 0 Å². The van der Waals surface area contributed by atoms with Crippen LogP contribution in [0.1, 0.15) is 36.5 Å². The van der Waals surface area contributed by atoms with Crippen molar-refractivity contribution in [1.82, 2.24) is 25.1 Å². The van der Waals surface area contributed by atoms with Crippen LogP contribution < -0.4 is 5.32 Å². The van der Waals surface area contributed by atoms with E-state index in [0.717, 1.165) is 30.3 Å². The van der Waals surface area contributed by atoms with E-state index in [1.54, 1.807) is 11.3 Å². The lowest BCUT2D eigenvalue weighted by molar-refractivity contribution is 0.457. The molecular formula is C10H15N5S. The van der Waals surface area contributed by atoms with Crippen molar-refractivity contribution in [2.45, 2.75) is 32.1 Å². The van der Waals surface area contributed by atoms with Crippen molar-refractivity contribution in [3.8, 4) is 0 Å². The maximum Gasteiger partial charge on any atom is 0.234 e. The number of aromatic nitrogens is 4. The lowest BCUT2D eigenvalue weighted by Crippen LogP contribution is -2.28. The average molecular weight is 237 g/mol. The van der Waals surface area contributed by atoms with Gasteiger partial charge in [-0.25, -0.2) is 0 Å². The molecule has 0 spiro atoms. The van der Waals surface area contributed by atoms with E-state index >= 15 is 0 Å². The fourth-order valence-corrected chi connectivity index (χ4v) is 3.11. The van der Waals surface area contributed by atoms with Crippen LogP contribution in [0.4, 0.5) is 0 Å².